The van der Waals surface area contributed by atoms with Crippen molar-refractivity contribution in [1.82, 2.24) is 0 Å². The molecule has 364 valence electrons. The number of hydrogen-bond acceptors (Lipinski definition) is 6. The van der Waals surface area contributed by atoms with Gasteiger partial charge in [0.2, 0.25) is 0 Å². The molecule has 0 saturated heterocycles. The van der Waals surface area contributed by atoms with Crippen LogP contribution in [0.4, 0.5) is 0 Å². The third-order valence-corrected chi connectivity index (χ3v) is 10.7. The number of allylic oxidation sites excluding steroid dienone is 16. The predicted molar refractivity (Wildman–Crippen MR) is 270 cm³/mol. The molecule has 0 heterocycles. The van der Waals surface area contributed by atoms with Crippen molar-refractivity contribution in [2.45, 2.75) is 199 Å². The number of ether oxygens (including phenoxy) is 3. The Hall–Kier alpha value is -3.75. The lowest BCUT2D eigenvalue weighted by atomic mass is 10.1. The monoisotopic (exact) mass is 893 g/mol. The van der Waals surface area contributed by atoms with Crippen molar-refractivity contribution in [2.75, 3.05) is 41.0 Å². The molecule has 0 aliphatic carbocycles. The molecule has 1 N–H and O–H groups in total. The molecule has 0 aliphatic rings. The van der Waals surface area contributed by atoms with Crippen LogP contribution < -0.4 is 0 Å². The minimum absolute atomic E-state index is 0.0473. The number of hydrogen-bond donors (Lipinski definition) is 1. The molecule has 0 radical (unpaired) electrons. The van der Waals surface area contributed by atoms with Crippen LogP contribution in [0, 0.1) is 0 Å². The molecule has 0 aromatic heterocycles. The van der Waals surface area contributed by atoms with E-state index in [4.69, 9.17) is 14.2 Å². The van der Waals surface area contributed by atoms with Crippen molar-refractivity contribution in [1.29, 1.82) is 0 Å². The summed E-state index contributed by atoms with van der Waals surface area (Å²) < 4.78 is 17.3. The number of esters is 2. The molecular formula is C56H94NO7+. The van der Waals surface area contributed by atoms with Crippen LogP contribution in [0.3, 0.4) is 0 Å². The zero-order valence-corrected chi connectivity index (χ0v) is 41.4. The zero-order chi connectivity index (χ0) is 47.0. The van der Waals surface area contributed by atoms with E-state index in [9.17, 15) is 19.5 Å². The van der Waals surface area contributed by atoms with Gasteiger partial charge < -0.3 is 23.8 Å². The largest absolute Gasteiger partial charge is 0.477 e. The normalized spacial score (nSPS) is 13.7. The van der Waals surface area contributed by atoms with Gasteiger partial charge >= 0.3 is 17.9 Å². The van der Waals surface area contributed by atoms with Crippen LogP contribution in [0.5, 0.6) is 0 Å². The maximum atomic E-state index is 12.8. The van der Waals surface area contributed by atoms with Crippen molar-refractivity contribution in [2.24, 2.45) is 0 Å². The van der Waals surface area contributed by atoms with Crippen molar-refractivity contribution < 1.29 is 38.2 Å². The minimum Gasteiger partial charge on any atom is -0.477 e. The summed E-state index contributed by atoms with van der Waals surface area (Å²) >= 11 is 0. The quantitative estimate of drug-likeness (QED) is 0.0281. The van der Waals surface area contributed by atoms with Crippen LogP contribution in [0.25, 0.3) is 0 Å². The number of unbranched alkanes of at least 4 members (excludes halogenated alkanes) is 14. The molecule has 8 heteroatoms. The van der Waals surface area contributed by atoms with E-state index in [1.807, 2.05) is 21.1 Å². The van der Waals surface area contributed by atoms with E-state index in [-0.39, 0.29) is 36.2 Å². The Kier molecular flexibility index (Phi) is 43.1. The second-order valence-corrected chi connectivity index (χ2v) is 17.7. The molecule has 2 unspecified atom stereocenters. The number of aliphatic carboxylic acids is 1. The van der Waals surface area contributed by atoms with Crippen molar-refractivity contribution in [3.8, 4) is 0 Å². The van der Waals surface area contributed by atoms with Crippen LogP contribution in [0.15, 0.2) is 97.2 Å². The van der Waals surface area contributed by atoms with Gasteiger partial charge in [0.25, 0.3) is 0 Å². The Morgan fingerprint density at radius 3 is 1.22 bits per heavy atom. The van der Waals surface area contributed by atoms with Gasteiger partial charge in [-0.25, -0.2) is 4.79 Å². The number of quaternary nitrogens is 1. The highest BCUT2D eigenvalue weighted by atomic mass is 16.6. The first-order valence-corrected chi connectivity index (χ1v) is 25.3. The highest BCUT2D eigenvalue weighted by molar-refractivity contribution is 5.72. The Bertz CT molecular complexity index is 1360. The molecule has 0 aromatic carbocycles. The van der Waals surface area contributed by atoms with E-state index in [0.717, 1.165) is 109 Å². The van der Waals surface area contributed by atoms with Gasteiger partial charge in [-0.05, 0) is 89.9 Å². The van der Waals surface area contributed by atoms with Crippen molar-refractivity contribution in [3.05, 3.63) is 97.2 Å². The van der Waals surface area contributed by atoms with E-state index in [2.05, 4.69) is 111 Å². The maximum absolute atomic E-state index is 12.8. The number of carbonyl (C=O) groups is 3. The Labute approximate surface area is 392 Å². The van der Waals surface area contributed by atoms with Crippen LogP contribution >= 0.6 is 0 Å². The fourth-order valence-electron chi connectivity index (χ4n) is 6.90. The summed E-state index contributed by atoms with van der Waals surface area (Å²) in [6.07, 6.45) is 61.6. The van der Waals surface area contributed by atoms with E-state index in [1.54, 1.807) is 0 Å². The van der Waals surface area contributed by atoms with Gasteiger partial charge in [-0.2, -0.15) is 0 Å². The molecule has 0 aliphatic heterocycles. The van der Waals surface area contributed by atoms with E-state index >= 15 is 0 Å². The molecule has 0 amide bonds. The Morgan fingerprint density at radius 1 is 0.469 bits per heavy atom. The zero-order valence-electron chi connectivity index (χ0n) is 41.4. The highest BCUT2D eigenvalue weighted by Crippen LogP contribution is 2.14. The first-order chi connectivity index (χ1) is 31.1. The molecule has 8 nitrogen and oxygen atoms in total. The number of carbonyl (C=O) groups excluding carboxylic acids is 2. The summed E-state index contributed by atoms with van der Waals surface area (Å²) in [5, 5.41) is 9.66. The summed E-state index contributed by atoms with van der Waals surface area (Å²) in [7, 11) is 5.52. The Balaban J connectivity index is 4.32. The molecule has 0 spiro atoms. The van der Waals surface area contributed by atoms with Crippen molar-refractivity contribution in [3.63, 3.8) is 0 Å². The molecular weight excluding hydrogens is 799 g/mol. The SMILES string of the molecule is CC/C=C/C/C=C/C/C=C/C/C=C/CCCCCCCCCC(=O)OCC(COCCC(C(=O)O)[N+](C)(C)C)OC(=O)CCCCCCCCC/C=C/C/C=C/C/C=C/C/C=C/CC. The molecule has 0 fully saturated rings. The number of likely N-dealkylation sites (N-methyl/N-ethyl adjacent to an activating group) is 1. The van der Waals surface area contributed by atoms with Gasteiger partial charge in [0.05, 0.1) is 34.4 Å². The topological polar surface area (TPSA) is 99.1 Å². The van der Waals surface area contributed by atoms with Crippen LogP contribution in [-0.2, 0) is 28.6 Å². The van der Waals surface area contributed by atoms with Gasteiger partial charge in [0.1, 0.15) is 6.61 Å². The fraction of sp³-hybridized carbons (Fsp3) is 0.661. The summed E-state index contributed by atoms with van der Waals surface area (Å²) in [5.74, 6) is -1.50. The third-order valence-electron chi connectivity index (χ3n) is 10.7. The lowest BCUT2D eigenvalue weighted by Crippen LogP contribution is -2.50. The summed E-state index contributed by atoms with van der Waals surface area (Å²) in [4.78, 5) is 37.2. The predicted octanol–water partition coefficient (Wildman–Crippen LogP) is 14.6. The molecule has 0 saturated carbocycles. The van der Waals surface area contributed by atoms with Crippen molar-refractivity contribution >= 4 is 17.9 Å². The fourth-order valence-corrected chi connectivity index (χ4v) is 6.90. The number of rotatable bonds is 44. The van der Waals surface area contributed by atoms with Crippen LogP contribution in [0.2, 0.25) is 0 Å². The van der Waals surface area contributed by atoms with Gasteiger partial charge in [-0.1, -0.05) is 175 Å². The smallest absolute Gasteiger partial charge is 0.362 e. The van der Waals surface area contributed by atoms with Gasteiger partial charge in [0.15, 0.2) is 12.1 Å². The number of carboxylic acid groups (broad SMARTS) is 1. The summed E-state index contributed by atoms with van der Waals surface area (Å²) in [5.41, 5.74) is 0. The molecule has 0 aromatic rings. The number of nitrogens with zero attached hydrogens (tertiary/aromatic N) is 1. The van der Waals surface area contributed by atoms with Gasteiger partial charge in [-0.15, -0.1) is 0 Å². The standard InChI is InChI=1S/C56H93NO7/c1-6-8-10-12-14-16-18-20-22-24-26-28-30-32-34-36-38-40-42-44-46-54(58)63-51-52(50-62-49-48-53(56(60)61)57(3,4)5)64-55(59)47-45-43-41-39-37-35-33-31-29-27-25-23-21-19-17-15-13-11-9-7-2/h8-11,14-17,20-23,26-29,52-53H,6-7,12-13,18-19,24-25,30-51H2,1-5H3/p+1/b10-8+,11-9+,16-14+,17-15+,22-20+,23-21+,28-26+,29-27+. The molecule has 0 rings (SSSR count). The summed E-state index contributed by atoms with van der Waals surface area (Å²) in [6, 6.07) is -0.625. The second kappa shape index (κ2) is 45.8. The second-order valence-electron chi connectivity index (χ2n) is 17.7. The highest BCUT2D eigenvalue weighted by Gasteiger charge is 2.31. The maximum Gasteiger partial charge on any atom is 0.362 e. The van der Waals surface area contributed by atoms with E-state index in [1.165, 1.54) is 44.9 Å². The minimum atomic E-state index is -0.882. The van der Waals surface area contributed by atoms with E-state index in [0.29, 0.717) is 19.3 Å². The van der Waals surface area contributed by atoms with E-state index < -0.39 is 18.1 Å². The van der Waals surface area contributed by atoms with Gasteiger partial charge in [-0.3, -0.25) is 9.59 Å². The Morgan fingerprint density at radius 2 is 0.828 bits per heavy atom. The lowest BCUT2D eigenvalue weighted by Gasteiger charge is -2.31. The third kappa shape index (κ3) is 43.5. The average Bonchev–Trinajstić information content (AvgIpc) is 3.26. The molecule has 2 atom stereocenters. The average molecular weight is 893 g/mol. The first-order valence-electron chi connectivity index (χ1n) is 25.3. The van der Waals surface area contributed by atoms with Gasteiger partial charge in [0, 0.05) is 19.3 Å². The lowest BCUT2D eigenvalue weighted by molar-refractivity contribution is -0.887. The molecule has 64 heavy (non-hydrogen) atoms. The van der Waals surface area contributed by atoms with Crippen LogP contribution in [-0.4, -0.2) is 80.6 Å². The summed E-state index contributed by atoms with van der Waals surface area (Å²) in [6.45, 7) is 4.48. The number of carboxylic acids is 1. The first kappa shape index (κ1) is 60.2. The molecule has 0 bridgehead atoms. The van der Waals surface area contributed by atoms with Crippen LogP contribution in [0.1, 0.15) is 187 Å².